The predicted octanol–water partition coefficient (Wildman–Crippen LogP) is 0.616. The zero-order chi connectivity index (χ0) is 11.6. The third kappa shape index (κ3) is 2.28. The molecule has 5 heteroatoms. The second kappa shape index (κ2) is 4.18. The van der Waals surface area contributed by atoms with Crippen LogP contribution in [0.2, 0.25) is 0 Å². The maximum absolute atomic E-state index is 11.8. The molecule has 0 unspecified atom stereocenters. The van der Waals surface area contributed by atoms with Gasteiger partial charge in [-0.3, -0.25) is 9.69 Å². The van der Waals surface area contributed by atoms with Crippen molar-refractivity contribution in [3.8, 4) is 0 Å². The molecule has 0 spiro atoms. The van der Waals surface area contributed by atoms with Gasteiger partial charge in [0, 0.05) is 0 Å². The van der Waals surface area contributed by atoms with Crippen LogP contribution in [-0.2, 0) is 4.79 Å². The Hall–Kier alpha value is -1.10. The molecule has 5 nitrogen and oxygen atoms in total. The van der Waals surface area contributed by atoms with E-state index in [1.54, 1.807) is 13.8 Å². The van der Waals surface area contributed by atoms with Crippen LogP contribution in [0.25, 0.3) is 0 Å². The first-order chi connectivity index (χ1) is 6.92. The number of imide groups is 1. The summed E-state index contributed by atoms with van der Waals surface area (Å²) in [4.78, 5) is 26.7. The molecule has 0 radical (unpaired) electrons. The van der Waals surface area contributed by atoms with Crippen molar-refractivity contribution in [1.82, 2.24) is 15.1 Å². The summed E-state index contributed by atoms with van der Waals surface area (Å²) < 4.78 is 0. The molecule has 0 bridgehead atoms. The van der Waals surface area contributed by atoms with E-state index in [9.17, 15) is 9.59 Å². The number of carbonyl (C=O) groups is 2. The number of urea groups is 1. The normalized spacial score (nSPS) is 19.9. The van der Waals surface area contributed by atoms with Crippen molar-refractivity contribution in [3.05, 3.63) is 0 Å². The Kier molecular flexibility index (Phi) is 3.34. The standard InChI is InChI=1S/C10H19N3O2/c1-5-12(6-2)7-13-8(14)10(3,4)11-9(13)15/h5-7H2,1-4H3,(H,11,15). The summed E-state index contributed by atoms with van der Waals surface area (Å²) in [5.74, 6) is -0.153. The number of hydrogen-bond acceptors (Lipinski definition) is 3. The van der Waals surface area contributed by atoms with E-state index in [0.29, 0.717) is 6.67 Å². The fraction of sp³-hybridized carbons (Fsp3) is 0.800. The van der Waals surface area contributed by atoms with Gasteiger partial charge in [0.05, 0.1) is 6.67 Å². The molecule has 1 aliphatic heterocycles. The molecule has 0 aromatic carbocycles. The number of rotatable bonds is 4. The number of carbonyl (C=O) groups excluding carboxylic acids is 2. The third-order valence-electron chi connectivity index (χ3n) is 2.68. The number of nitrogens with zero attached hydrogens (tertiary/aromatic N) is 2. The maximum Gasteiger partial charge on any atom is 0.326 e. The zero-order valence-corrected chi connectivity index (χ0v) is 9.83. The van der Waals surface area contributed by atoms with Crippen molar-refractivity contribution in [3.63, 3.8) is 0 Å². The average Bonchev–Trinajstić information content (AvgIpc) is 2.35. The van der Waals surface area contributed by atoms with Crippen molar-refractivity contribution in [1.29, 1.82) is 0 Å². The lowest BCUT2D eigenvalue weighted by Crippen LogP contribution is -2.43. The molecule has 1 aliphatic rings. The van der Waals surface area contributed by atoms with E-state index in [-0.39, 0.29) is 11.9 Å². The van der Waals surface area contributed by atoms with Gasteiger partial charge in [-0.15, -0.1) is 0 Å². The van der Waals surface area contributed by atoms with E-state index in [0.717, 1.165) is 13.1 Å². The minimum atomic E-state index is -0.760. The average molecular weight is 213 g/mol. The highest BCUT2D eigenvalue weighted by atomic mass is 16.2. The lowest BCUT2D eigenvalue weighted by molar-refractivity contribution is -0.131. The van der Waals surface area contributed by atoms with Gasteiger partial charge in [-0.1, -0.05) is 13.8 Å². The molecular weight excluding hydrogens is 194 g/mol. The summed E-state index contributed by atoms with van der Waals surface area (Å²) in [6, 6.07) is -0.295. The largest absolute Gasteiger partial charge is 0.326 e. The Balaban J connectivity index is 2.71. The third-order valence-corrected chi connectivity index (χ3v) is 2.68. The highest BCUT2D eigenvalue weighted by Gasteiger charge is 2.44. The van der Waals surface area contributed by atoms with Crippen LogP contribution in [0, 0.1) is 0 Å². The van der Waals surface area contributed by atoms with Gasteiger partial charge in [0.1, 0.15) is 5.54 Å². The second-order valence-electron chi connectivity index (χ2n) is 4.23. The van der Waals surface area contributed by atoms with Crippen molar-refractivity contribution in [2.45, 2.75) is 33.2 Å². The van der Waals surface area contributed by atoms with Gasteiger partial charge in [0.2, 0.25) is 0 Å². The highest BCUT2D eigenvalue weighted by Crippen LogP contribution is 2.16. The van der Waals surface area contributed by atoms with Gasteiger partial charge >= 0.3 is 6.03 Å². The van der Waals surface area contributed by atoms with Crippen molar-refractivity contribution in [2.75, 3.05) is 19.8 Å². The van der Waals surface area contributed by atoms with Crippen LogP contribution in [0.4, 0.5) is 4.79 Å². The van der Waals surface area contributed by atoms with Crippen molar-refractivity contribution in [2.24, 2.45) is 0 Å². The summed E-state index contributed by atoms with van der Waals surface area (Å²) in [5, 5.41) is 2.66. The van der Waals surface area contributed by atoms with E-state index in [1.807, 2.05) is 18.7 Å². The minimum Gasteiger partial charge on any atom is -0.324 e. The lowest BCUT2D eigenvalue weighted by atomic mass is 10.1. The molecule has 1 fully saturated rings. The van der Waals surface area contributed by atoms with E-state index in [1.165, 1.54) is 4.90 Å². The Morgan fingerprint density at radius 3 is 2.13 bits per heavy atom. The van der Waals surface area contributed by atoms with E-state index in [4.69, 9.17) is 0 Å². The van der Waals surface area contributed by atoms with Gasteiger partial charge in [0.15, 0.2) is 0 Å². The first-order valence-electron chi connectivity index (χ1n) is 5.28. The smallest absolute Gasteiger partial charge is 0.324 e. The molecule has 15 heavy (non-hydrogen) atoms. The predicted molar refractivity (Wildman–Crippen MR) is 57.2 cm³/mol. The summed E-state index contributed by atoms with van der Waals surface area (Å²) in [5.41, 5.74) is -0.760. The fourth-order valence-electron chi connectivity index (χ4n) is 1.57. The van der Waals surface area contributed by atoms with Crippen LogP contribution in [-0.4, -0.2) is 47.0 Å². The molecule has 0 aromatic heterocycles. The molecule has 0 aliphatic carbocycles. The van der Waals surface area contributed by atoms with Crippen LogP contribution >= 0.6 is 0 Å². The molecule has 0 atom stereocenters. The molecular formula is C10H19N3O2. The molecule has 86 valence electrons. The molecule has 0 saturated carbocycles. The summed E-state index contributed by atoms with van der Waals surface area (Å²) in [6.07, 6.45) is 0. The molecule has 1 heterocycles. The Morgan fingerprint density at radius 2 is 1.80 bits per heavy atom. The van der Waals surface area contributed by atoms with Crippen LogP contribution in [0.5, 0.6) is 0 Å². The maximum atomic E-state index is 11.8. The topological polar surface area (TPSA) is 52.6 Å². The molecule has 1 N–H and O–H groups in total. The first kappa shape index (κ1) is 12.0. The first-order valence-corrected chi connectivity index (χ1v) is 5.28. The van der Waals surface area contributed by atoms with Crippen LogP contribution in [0.15, 0.2) is 0 Å². The van der Waals surface area contributed by atoms with E-state index >= 15 is 0 Å². The molecule has 3 amide bonds. The molecule has 1 saturated heterocycles. The Bertz CT molecular complexity index is 272. The number of amides is 3. The number of hydrogen-bond donors (Lipinski definition) is 1. The van der Waals surface area contributed by atoms with Gasteiger partial charge in [-0.2, -0.15) is 0 Å². The summed E-state index contributed by atoms with van der Waals surface area (Å²) in [6.45, 7) is 9.48. The second-order valence-corrected chi connectivity index (χ2v) is 4.23. The van der Waals surface area contributed by atoms with E-state index < -0.39 is 5.54 Å². The van der Waals surface area contributed by atoms with Crippen molar-refractivity contribution < 1.29 is 9.59 Å². The minimum absolute atomic E-state index is 0.153. The highest BCUT2D eigenvalue weighted by molar-refractivity contribution is 6.06. The SMILES string of the molecule is CCN(CC)CN1C(=O)NC(C)(C)C1=O. The van der Waals surface area contributed by atoms with Gasteiger partial charge in [0.25, 0.3) is 5.91 Å². The Labute approximate surface area is 90.4 Å². The van der Waals surface area contributed by atoms with E-state index in [2.05, 4.69) is 5.32 Å². The fourth-order valence-corrected chi connectivity index (χ4v) is 1.57. The van der Waals surface area contributed by atoms with Crippen LogP contribution < -0.4 is 5.32 Å². The van der Waals surface area contributed by atoms with Gasteiger partial charge in [-0.05, 0) is 26.9 Å². The van der Waals surface area contributed by atoms with Gasteiger partial charge in [-0.25, -0.2) is 9.69 Å². The summed E-state index contributed by atoms with van der Waals surface area (Å²) in [7, 11) is 0. The van der Waals surface area contributed by atoms with Crippen molar-refractivity contribution >= 4 is 11.9 Å². The van der Waals surface area contributed by atoms with Crippen LogP contribution in [0.1, 0.15) is 27.7 Å². The van der Waals surface area contributed by atoms with Gasteiger partial charge < -0.3 is 5.32 Å². The Morgan fingerprint density at radius 1 is 1.27 bits per heavy atom. The summed E-state index contributed by atoms with van der Waals surface area (Å²) >= 11 is 0. The number of nitrogens with one attached hydrogen (secondary N) is 1. The quantitative estimate of drug-likeness (QED) is 0.696. The molecule has 1 rings (SSSR count). The monoisotopic (exact) mass is 213 g/mol. The zero-order valence-electron chi connectivity index (χ0n) is 9.83. The lowest BCUT2D eigenvalue weighted by Gasteiger charge is -2.23. The van der Waals surface area contributed by atoms with Crippen LogP contribution in [0.3, 0.4) is 0 Å². The molecule has 0 aromatic rings.